The van der Waals surface area contributed by atoms with E-state index >= 15 is 0 Å². The summed E-state index contributed by atoms with van der Waals surface area (Å²) in [6.07, 6.45) is 0.892. The van der Waals surface area contributed by atoms with E-state index in [1.807, 2.05) is 30.3 Å². The number of rotatable bonds is 3. The zero-order valence-corrected chi connectivity index (χ0v) is 16.2. The van der Waals surface area contributed by atoms with Gasteiger partial charge in [0.15, 0.2) is 6.61 Å². The van der Waals surface area contributed by atoms with Crippen molar-refractivity contribution in [2.75, 3.05) is 18.1 Å². The molecule has 130 valence electrons. The maximum atomic E-state index is 12.7. The lowest BCUT2D eigenvalue weighted by atomic mass is 10.2. The van der Waals surface area contributed by atoms with Gasteiger partial charge in [0.1, 0.15) is 0 Å². The minimum Gasteiger partial charge on any atom is -0.452 e. The van der Waals surface area contributed by atoms with Crippen molar-refractivity contribution in [3.63, 3.8) is 0 Å². The molecule has 1 amide bonds. The van der Waals surface area contributed by atoms with E-state index in [1.165, 1.54) is 0 Å². The normalized spacial score (nSPS) is 16.7. The number of amides is 1. The van der Waals surface area contributed by atoms with Crippen LogP contribution in [0.5, 0.6) is 0 Å². The number of nitrogens with zero attached hydrogens (tertiary/aromatic N) is 1. The fraction of sp³-hybridized carbons (Fsp3) is 0.263. The molecule has 0 fully saturated rings. The van der Waals surface area contributed by atoms with Crippen LogP contribution < -0.4 is 4.90 Å². The number of hydrogen-bond donors (Lipinski definition) is 0. The molecule has 3 rings (SSSR count). The van der Waals surface area contributed by atoms with Gasteiger partial charge in [0, 0.05) is 21.2 Å². The summed E-state index contributed by atoms with van der Waals surface area (Å²) in [6, 6.07) is 14.9. The van der Waals surface area contributed by atoms with Gasteiger partial charge in [0.25, 0.3) is 5.91 Å². The molecule has 4 nitrogen and oxygen atoms in total. The van der Waals surface area contributed by atoms with Crippen molar-refractivity contribution in [2.45, 2.75) is 23.5 Å². The summed E-state index contributed by atoms with van der Waals surface area (Å²) < 4.78 is 5.89. The van der Waals surface area contributed by atoms with Crippen LogP contribution in [0.1, 0.15) is 23.7 Å². The third kappa shape index (κ3) is 4.25. The fourth-order valence-electron chi connectivity index (χ4n) is 2.66. The summed E-state index contributed by atoms with van der Waals surface area (Å²) >= 11 is 5.09. The quantitative estimate of drug-likeness (QED) is 0.685. The average molecular weight is 420 g/mol. The van der Waals surface area contributed by atoms with Crippen molar-refractivity contribution in [3.05, 3.63) is 58.6 Å². The smallest absolute Gasteiger partial charge is 0.339 e. The molecule has 1 aliphatic heterocycles. The van der Waals surface area contributed by atoms with Crippen LogP contribution in [0.15, 0.2) is 57.9 Å². The Balaban J connectivity index is 1.71. The average Bonchev–Trinajstić information content (AvgIpc) is 2.78. The third-order valence-corrected chi connectivity index (χ3v) is 5.89. The van der Waals surface area contributed by atoms with E-state index in [0.29, 0.717) is 21.8 Å². The lowest BCUT2D eigenvalue weighted by molar-refractivity contribution is -0.121. The topological polar surface area (TPSA) is 46.6 Å². The predicted octanol–water partition coefficient (Wildman–Crippen LogP) is 4.52. The molecule has 0 spiro atoms. The molecule has 0 aromatic heterocycles. The molecular formula is C19H18BrNO3S. The number of carbonyl (C=O) groups is 2. The fourth-order valence-corrected chi connectivity index (χ4v) is 4.22. The predicted molar refractivity (Wildman–Crippen MR) is 103 cm³/mol. The van der Waals surface area contributed by atoms with Crippen molar-refractivity contribution < 1.29 is 14.3 Å². The summed E-state index contributed by atoms with van der Waals surface area (Å²) in [5.74, 6) is -0.714. The number of carbonyl (C=O) groups excluding carboxylic acids is 2. The summed E-state index contributed by atoms with van der Waals surface area (Å²) in [7, 11) is 0. The molecule has 1 aliphatic rings. The number of hydrogen-bond acceptors (Lipinski definition) is 4. The van der Waals surface area contributed by atoms with Crippen LogP contribution in [0.3, 0.4) is 0 Å². The van der Waals surface area contributed by atoms with E-state index in [-0.39, 0.29) is 12.5 Å². The highest BCUT2D eigenvalue weighted by Crippen LogP contribution is 2.37. The summed E-state index contributed by atoms with van der Waals surface area (Å²) in [6.45, 7) is 2.51. The molecule has 0 saturated heterocycles. The van der Waals surface area contributed by atoms with Crippen LogP contribution in [-0.2, 0) is 9.53 Å². The first-order chi connectivity index (χ1) is 12.1. The van der Waals surface area contributed by atoms with E-state index in [9.17, 15) is 9.59 Å². The van der Waals surface area contributed by atoms with Crippen LogP contribution in [0, 0.1) is 0 Å². The highest BCUT2D eigenvalue weighted by Gasteiger charge is 2.25. The first kappa shape index (κ1) is 18.0. The minimum absolute atomic E-state index is 0.206. The number of ether oxygens (including phenoxy) is 1. The SMILES string of the molecule is CC1CCN(C(=O)COC(=O)c2ccccc2Br)c2ccccc2S1. The molecule has 25 heavy (non-hydrogen) atoms. The van der Waals surface area contributed by atoms with Gasteiger partial charge in [-0.3, -0.25) is 4.79 Å². The molecule has 0 radical (unpaired) electrons. The van der Waals surface area contributed by atoms with Crippen molar-refractivity contribution in [1.82, 2.24) is 0 Å². The molecule has 2 aromatic carbocycles. The molecule has 1 atom stereocenters. The Morgan fingerprint density at radius 3 is 2.72 bits per heavy atom. The van der Waals surface area contributed by atoms with Crippen molar-refractivity contribution in [2.24, 2.45) is 0 Å². The zero-order valence-electron chi connectivity index (χ0n) is 13.8. The molecule has 0 N–H and O–H groups in total. The molecule has 0 bridgehead atoms. The lowest BCUT2D eigenvalue weighted by Gasteiger charge is -2.22. The molecule has 6 heteroatoms. The number of esters is 1. The second-order valence-electron chi connectivity index (χ2n) is 5.79. The second kappa shape index (κ2) is 8.06. The monoisotopic (exact) mass is 419 g/mol. The molecule has 1 heterocycles. The number of para-hydroxylation sites is 1. The van der Waals surface area contributed by atoms with E-state index < -0.39 is 5.97 Å². The lowest BCUT2D eigenvalue weighted by Crippen LogP contribution is -2.35. The maximum Gasteiger partial charge on any atom is 0.339 e. The Kier molecular flexibility index (Phi) is 5.81. The Morgan fingerprint density at radius 1 is 1.20 bits per heavy atom. The summed E-state index contributed by atoms with van der Waals surface area (Å²) in [5, 5.41) is 0.432. The van der Waals surface area contributed by atoms with Gasteiger partial charge in [-0.05, 0) is 46.6 Å². The molecule has 0 aliphatic carbocycles. The maximum absolute atomic E-state index is 12.7. The van der Waals surface area contributed by atoms with Gasteiger partial charge in [-0.1, -0.05) is 31.2 Å². The van der Waals surface area contributed by atoms with Crippen molar-refractivity contribution in [3.8, 4) is 0 Å². The van der Waals surface area contributed by atoms with E-state index in [0.717, 1.165) is 17.0 Å². The van der Waals surface area contributed by atoms with Crippen LogP contribution in [0.4, 0.5) is 5.69 Å². The van der Waals surface area contributed by atoms with Gasteiger partial charge < -0.3 is 9.64 Å². The van der Waals surface area contributed by atoms with Crippen LogP contribution in [0.25, 0.3) is 0 Å². The van der Waals surface area contributed by atoms with Gasteiger partial charge in [0.2, 0.25) is 0 Å². The second-order valence-corrected chi connectivity index (χ2v) is 8.12. The number of benzene rings is 2. The van der Waals surface area contributed by atoms with Gasteiger partial charge >= 0.3 is 5.97 Å². The first-order valence-corrected chi connectivity index (χ1v) is 9.71. The Labute approximate surface area is 159 Å². The molecule has 1 unspecified atom stereocenters. The standard InChI is InChI=1S/C19H18BrNO3S/c1-13-10-11-21(16-8-4-5-9-17(16)25-13)18(22)12-24-19(23)14-6-2-3-7-15(14)20/h2-9,13H,10-12H2,1H3. The van der Waals surface area contributed by atoms with Gasteiger partial charge in [-0.15, -0.1) is 11.8 Å². The van der Waals surface area contributed by atoms with E-state index in [2.05, 4.69) is 22.9 Å². The van der Waals surface area contributed by atoms with Crippen molar-refractivity contribution in [1.29, 1.82) is 0 Å². The van der Waals surface area contributed by atoms with Crippen LogP contribution in [-0.4, -0.2) is 30.3 Å². The minimum atomic E-state index is -0.508. The molecule has 2 aromatic rings. The third-order valence-electron chi connectivity index (χ3n) is 3.96. The van der Waals surface area contributed by atoms with Gasteiger partial charge in [-0.25, -0.2) is 4.79 Å². The highest BCUT2D eigenvalue weighted by atomic mass is 79.9. The Morgan fingerprint density at radius 2 is 1.92 bits per heavy atom. The summed E-state index contributed by atoms with van der Waals surface area (Å²) in [5.41, 5.74) is 1.30. The highest BCUT2D eigenvalue weighted by molar-refractivity contribution is 9.10. The summed E-state index contributed by atoms with van der Waals surface area (Å²) in [4.78, 5) is 27.7. The number of anilines is 1. The van der Waals surface area contributed by atoms with Crippen molar-refractivity contribution >= 4 is 45.3 Å². The number of fused-ring (bicyclic) bond motifs is 1. The number of thioether (sulfide) groups is 1. The Hall–Kier alpha value is -1.79. The molecular weight excluding hydrogens is 402 g/mol. The van der Waals surface area contributed by atoms with Gasteiger partial charge in [0.05, 0.1) is 11.3 Å². The van der Waals surface area contributed by atoms with Gasteiger partial charge in [-0.2, -0.15) is 0 Å². The zero-order chi connectivity index (χ0) is 17.8. The number of halogens is 1. The largest absolute Gasteiger partial charge is 0.452 e. The van der Waals surface area contributed by atoms with E-state index in [1.54, 1.807) is 34.9 Å². The van der Waals surface area contributed by atoms with Crippen LogP contribution in [0.2, 0.25) is 0 Å². The van der Waals surface area contributed by atoms with Crippen LogP contribution >= 0.6 is 27.7 Å². The molecule has 0 saturated carbocycles. The first-order valence-electron chi connectivity index (χ1n) is 8.04. The van der Waals surface area contributed by atoms with E-state index in [4.69, 9.17) is 4.74 Å². The Bertz CT molecular complexity index is 796.